The van der Waals surface area contributed by atoms with E-state index in [-0.39, 0.29) is 17.6 Å². The van der Waals surface area contributed by atoms with Gasteiger partial charge in [-0.3, -0.25) is 4.98 Å². The fourth-order valence-electron chi connectivity index (χ4n) is 3.21. The fraction of sp³-hybridized carbons (Fsp3) is 0.615. The minimum Gasteiger partial charge on any atom is -0.385 e. The van der Waals surface area contributed by atoms with E-state index in [1.165, 1.54) is 6.20 Å². The standard InChI is InChI=1S/C13H15F3N2O/c14-13(15,16)9-3-8(6-17-7-9)12(19)4-10-1-2-11(5-12)18-10/h3,6-7,10-11,18-19H,1-2,4-5H2. The second-order valence-electron chi connectivity index (χ2n) is 5.54. The number of hydrogen-bond donors (Lipinski definition) is 2. The molecule has 1 aromatic rings. The molecule has 104 valence electrons. The van der Waals surface area contributed by atoms with Crippen molar-refractivity contribution in [3.8, 4) is 0 Å². The highest BCUT2D eigenvalue weighted by molar-refractivity contribution is 5.27. The molecule has 2 bridgehead atoms. The minimum atomic E-state index is -4.43. The molecule has 3 heterocycles. The maximum absolute atomic E-state index is 12.7. The number of nitrogens with one attached hydrogen (secondary N) is 1. The van der Waals surface area contributed by atoms with Gasteiger partial charge in [-0.2, -0.15) is 13.2 Å². The molecule has 2 unspecified atom stereocenters. The van der Waals surface area contributed by atoms with E-state index in [2.05, 4.69) is 10.3 Å². The SMILES string of the molecule is OC1(c2cncc(C(F)(F)F)c2)CC2CCC(C1)N2. The second-order valence-corrected chi connectivity index (χ2v) is 5.54. The molecular weight excluding hydrogens is 257 g/mol. The third-order valence-electron chi connectivity index (χ3n) is 4.11. The first-order valence-electron chi connectivity index (χ1n) is 6.38. The lowest BCUT2D eigenvalue weighted by Crippen LogP contribution is -2.46. The van der Waals surface area contributed by atoms with Crippen molar-refractivity contribution in [1.82, 2.24) is 10.3 Å². The molecule has 2 fully saturated rings. The van der Waals surface area contributed by atoms with E-state index in [1.54, 1.807) is 0 Å². The summed E-state index contributed by atoms with van der Waals surface area (Å²) in [6.07, 6.45) is 0.561. The summed E-state index contributed by atoms with van der Waals surface area (Å²) < 4.78 is 38.1. The molecule has 2 aliphatic rings. The van der Waals surface area contributed by atoms with Crippen LogP contribution in [0.2, 0.25) is 0 Å². The largest absolute Gasteiger partial charge is 0.417 e. The van der Waals surface area contributed by atoms with E-state index in [4.69, 9.17) is 0 Å². The molecule has 2 aliphatic heterocycles. The molecule has 2 N–H and O–H groups in total. The highest BCUT2D eigenvalue weighted by atomic mass is 19.4. The third kappa shape index (κ3) is 2.34. The van der Waals surface area contributed by atoms with Gasteiger partial charge in [-0.1, -0.05) is 0 Å². The summed E-state index contributed by atoms with van der Waals surface area (Å²) in [4.78, 5) is 3.64. The summed E-state index contributed by atoms with van der Waals surface area (Å²) in [6.45, 7) is 0. The van der Waals surface area contributed by atoms with Crippen molar-refractivity contribution in [1.29, 1.82) is 0 Å². The number of pyridine rings is 1. The number of halogens is 3. The van der Waals surface area contributed by atoms with Gasteiger partial charge in [0.05, 0.1) is 11.2 Å². The number of aliphatic hydroxyl groups is 1. The third-order valence-corrected chi connectivity index (χ3v) is 4.11. The Kier molecular flexibility index (Phi) is 2.83. The van der Waals surface area contributed by atoms with Crippen LogP contribution in [0.25, 0.3) is 0 Å². The smallest absolute Gasteiger partial charge is 0.385 e. The molecular formula is C13H15F3N2O. The monoisotopic (exact) mass is 272 g/mol. The maximum atomic E-state index is 12.7. The highest BCUT2D eigenvalue weighted by Gasteiger charge is 2.44. The van der Waals surface area contributed by atoms with Crippen LogP contribution in [0, 0.1) is 0 Å². The Morgan fingerprint density at radius 1 is 1.21 bits per heavy atom. The van der Waals surface area contributed by atoms with Gasteiger partial charge in [0.25, 0.3) is 0 Å². The van der Waals surface area contributed by atoms with Gasteiger partial charge in [0.2, 0.25) is 0 Å². The molecule has 0 aliphatic carbocycles. The quantitative estimate of drug-likeness (QED) is 0.824. The van der Waals surface area contributed by atoms with E-state index in [1.807, 2.05) is 0 Å². The molecule has 1 aromatic heterocycles. The lowest BCUT2D eigenvalue weighted by molar-refractivity contribution is -0.138. The van der Waals surface area contributed by atoms with Crippen molar-refractivity contribution in [3.63, 3.8) is 0 Å². The number of rotatable bonds is 1. The van der Waals surface area contributed by atoms with Gasteiger partial charge in [-0.15, -0.1) is 0 Å². The number of aromatic nitrogens is 1. The van der Waals surface area contributed by atoms with Crippen molar-refractivity contribution in [2.45, 2.75) is 49.5 Å². The van der Waals surface area contributed by atoms with Gasteiger partial charge in [-0.25, -0.2) is 0 Å². The maximum Gasteiger partial charge on any atom is 0.417 e. The zero-order valence-corrected chi connectivity index (χ0v) is 10.2. The molecule has 19 heavy (non-hydrogen) atoms. The minimum absolute atomic E-state index is 0.193. The summed E-state index contributed by atoms with van der Waals surface area (Å²) in [7, 11) is 0. The van der Waals surface area contributed by atoms with Crippen molar-refractivity contribution >= 4 is 0 Å². The predicted molar refractivity (Wildman–Crippen MR) is 62.3 cm³/mol. The number of fused-ring (bicyclic) bond motifs is 2. The Morgan fingerprint density at radius 3 is 2.42 bits per heavy atom. The van der Waals surface area contributed by atoms with Crippen LogP contribution in [0.4, 0.5) is 13.2 Å². The van der Waals surface area contributed by atoms with Gasteiger partial charge < -0.3 is 10.4 Å². The summed E-state index contributed by atoms with van der Waals surface area (Å²) >= 11 is 0. The zero-order chi connectivity index (χ0) is 13.7. The Bertz CT molecular complexity index is 477. The topological polar surface area (TPSA) is 45.2 Å². The molecule has 2 atom stereocenters. The summed E-state index contributed by atoms with van der Waals surface area (Å²) in [5, 5.41) is 14.0. The van der Waals surface area contributed by atoms with Crippen LogP contribution in [0.1, 0.15) is 36.8 Å². The van der Waals surface area contributed by atoms with E-state index in [0.717, 1.165) is 25.1 Å². The first-order valence-corrected chi connectivity index (χ1v) is 6.38. The number of piperidine rings is 1. The molecule has 0 aromatic carbocycles. The Hall–Kier alpha value is -1.14. The van der Waals surface area contributed by atoms with Crippen molar-refractivity contribution < 1.29 is 18.3 Å². The molecule has 0 saturated carbocycles. The second kappa shape index (κ2) is 4.18. The molecule has 3 nitrogen and oxygen atoms in total. The Morgan fingerprint density at radius 2 is 1.84 bits per heavy atom. The van der Waals surface area contributed by atoms with Crippen molar-refractivity contribution in [2.24, 2.45) is 0 Å². The van der Waals surface area contributed by atoms with Crippen LogP contribution in [0.15, 0.2) is 18.5 Å². The molecule has 0 radical (unpaired) electrons. The van der Waals surface area contributed by atoms with E-state index in [9.17, 15) is 18.3 Å². The van der Waals surface area contributed by atoms with Gasteiger partial charge >= 0.3 is 6.18 Å². The van der Waals surface area contributed by atoms with Gasteiger partial charge in [0, 0.05) is 30.0 Å². The number of alkyl halides is 3. The highest BCUT2D eigenvalue weighted by Crippen LogP contribution is 2.41. The van der Waals surface area contributed by atoms with Gasteiger partial charge in [0.1, 0.15) is 0 Å². The number of hydrogen-bond acceptors (Lipinski definition) is 3. The van der Waals surface area contributed by atoms with E-state index < -0.39 is 17.3 Å². The van der Waals surface area contributed by atoms with Crippen molar-refractivity contribution in [3.05, 3.63) is 29.6 Å². The van der Waals surface area contributed by atoms with Crippen LogP contribution < -0.4 is 5.32 Å². The van der Waals surface area contributed by atoms with Crippen LogP contribution in [0.5, 0.6) is 0 Å². The molecule has 6 heteroatoms. The van der Waals surface area contributed by atoms with Gasteiger partial charge in [-0.05, 0) is 31.7 Å². The van der Waals surface area contributed by atoms with Gasteiger partial charge in [0.15, 0.2) is 0 Å². The summed E-state index contributed by atoms with van der Waals surface area (Å²) in [5.41, 5.74) is -1.71. The van der Waals surface area contributed by atoms with Crippen LogP contribution in [0.3, 0.4) is 0 Å². The van der Waals surface area contributed by atoms with Crippen LogP contribution in [-0.2, 0) is 11.8 Å². The first kappa shape index (κ1) is 12.9. The normalized spacial score (nSPS) is 34.5. The fourth-order valence-corrected chi connectivity index (χ4v) is 3.21. The lowest BCUT2D eigenvalue weighted by Gasteiger charge is -2.37. The molecule has 3 rings (SSSR count). The van der Waals surface area contributed by atoms with E-state index in [0.29, 0.717) is 12.8 Å². The predicted octanol–water partition coefficient (Wildman–Crippen LogP) is 2.20. The molecule has 0 amide bonds. The van der Waals surface area contributed by atoms with E-state index >= 15 is 0 Å². The summed E-state index contributed by atoms with van der Waals surface area (Å²) in [5.74, 6) is 0. The molecule has 0 spiro atoms. The first-order chi connectivity index (χ1) is 8.87. The average molecular weight is 272 g/mol. The summed E-state index contributed by atoms with van der Waals surface area (Å²) in [6, 6.07) is 1.41. The Balaban J connectivity index is 1.93. The van der Waals surface area contributed by atoms with Crippen LogP contribution in [-0.4, -0.2) is 22.2 Å². The Labute approximate surface area is 108 Å². The zero-order valence-electron chi connectivity index (χ0n) is 10.2. The number of nitrogens with zero attached hydrogens (tertiary/aromatic N) is 1. The lowest BCUT2D eigenvalue weighted by atomic mass is 9.82. The van der Waals surface area contributed by atoms with Crippen LogP contribution >= 0.6 is 0 Å². The molecule has 2 saturated heterocycles. The van der Waals surface area contributed by atoms with Crippen molar-refractivity contribution in [2.75, 3.05) is 0 Å². The average Bonchev–Trinajstić information content (AvgIpc) is 2.68.